The van der Waals surface area contributed by atoms with Crippen LogP contribution in [0.25, 0.3) is 10.9 Å². The zero-order valence-corrected chi connectivity index (χ0v) is 11.8. The highest BCUT2D eigenvalue weighted by Crippen LogP contribution is 2.11. The number of carbonyl (C=O) groups excluding carboxylic acids is 1. The van der Waals surface area contributed by atoms with Crippen LogP contribution in [0.15, 0.2) is 29.1 Å². The number of aromatic amines is 1. The van der Waals surface area contributed by atoms with Crippen LogP contribution in [0.3, 0.4) is 0 Å². The summed E-state index contributed by atoms with van der Waals surface area (Å²) in [6.45, 7) is 0. The number of thioether (sulfide) groups is 1. The van der Waals surface area contributed by atoms with Gasteiger partial charge in [-0.05, 0) is 12.1 Å². The molecule has 0 aliphatic carbocycles. The molecule has 1 aromatic heterocycles. The van der Waals surface area contributed by atoms with Crippen LogP contribution >= 0.6 is 11.8 Å². The Kier molecular flexibility index (Phi) is 4.75. The first-order chi connectivity index (χ1) is 9.61. The average Bonchev–Trinajstić information content (AvgIpc) is 2.46. The number of benzene rings is 1. The minimum Gasteiger partial charge on any atom is -0.468 e. The fourth-order valence-electron chi connectivity index (χ4n) is 1.71. The standard InChI is InChI=1S/C13H15N3O3S/c1-19-13(18)9(14)6-20-7-11-15-10-5-3-2-4-8(10)12(17)16-11/h2-5,9H,6-7,14H2,1H3,(H,15,16,17). The Morgan fingerprint density at radius 3 is 3.00 bits per heavy atom. The van der Waals surface area contributed by atoms with Crippen molar-refractivity contribution >= 4 is 28.6 Å². The predicted molar refractivity (Wildman–Crippen MR) is 78.5 cm³/mol. The van der Waals surface area contributed by atoms with Crippen molar-refractivity contribution in [3.05, 3.63) is 40.4 Å². The van der Waals surface area contributed by atoms with E-state index >= 15 is 0 Å². The van der Waals surface area contributed by atoms with Crippen molar-refractivity contribution in [1.82, 2.24) is 9.97 Å². The van der Waals surface area contributed by atoms with Crippen molar-refractivity contribution in [3.63, 3.8) is 0 Å². The van der Waals surface area contributed by atoms with E-state index in [4.69, 9.17) is 5.73 Å². The maximum absolute atomic E-state index is 11.8. The Hall–Kier alpha value is -1.86. The first-order valence-electron chi connectivity index (χ1n) is 6.01. The number of carbonyl (C=O) groups is 1. The number of nitrogens with zero attached hydrogens (tertiary/aromatic N) is 1. The highest BCUT2D eigenvalue weighted by atomic mass is 32.2. The van der Waals surface area contributed by atoms with Crippen molar-refractivity contribution in [2.24, 2.45) is 5.73 Å². The van der Waals surface area contributed by atoms with E-state index in [9.17, 15) is 9.59 Å². The lowest BCUT2D eigenvalue weighted by atomic mass is 10.2. The smallest absolute Gasteiger partial charge is 0.323 e. The molecule has 1 heterocycles. The normalized spacial score (nSPS) is 12.3. The molecular formula is C13H15N3O3S. The highest BCUT2D eigenvalue weighted by molar-refractivity contribution is 7.98. The first kappa shape index (κ1) is 14.5. The summed E-state index contributed by atoms with van der Waals surface area (Å²) in [4.78, 5) is 30.1. The minimum atomic E-state index is -0.669. The molecule has 2 rings (SSSR count). The van der Waals surface area contributed by atoms with Crippen molar-refractivity contribution < 1.29 is 9.53 Å². The lowest BCUT2D eigenvalue weighted by Crippen LogP contribution is -2.33. The Morgan fingerprint density at radius 2 is 2.25 bits per heavy atom. The average molecular weight is 293 g/mol. The Balaban J connectivity index is 2.04. The number of H-pyrrole nitrogens is 1. The molecule has 0 aliphatic rings. The number of nitrogens with two attached hydrogens (primary N) is 1. The molecule has 6 nitrogen and oxygen atoms in total. The molecular weight excluding hydrogens is 278 g/mol. The molecule has 0 spiro atoms. The molecule has 0 saturated heterocycles. The first-order valence-corrected chi connectivity index (χ1v) is 7.16. The maximum atomic E-state index is 11.8. The molecule has 0 radical (unpaired) electrons. The number of ether oxygens (including phenoxy) is 1. The fraction of sp³-hybridized carbons (Fsp3) is 0.308. The largest absolute Gasteiger partial charge is 0.468 e. The molecule has 20 heavy (non-hydrogen) atoms. The van der Waals surface area contributed by atoms with Crippen LogP contribution in [0.5, 0.6) is 0 Å². The van der Waals surface area contributed by atoms with E-state index in [1.165, 1.54) is 18.9 Å². The molecule has 3 N–H and O–H groups in total. The van der Waals surface area contributed by atoms with Gasteiger partial charge in [0, 0.05) is 5.75 Å². The number of rotatable bonds is 5. The van der Waals surface area contributed by atoms with Gasteiger partial charge in [0.05, 0.1) is 23.8 Å². The Bertz CT molecular complexity index is 671. The zero-order chi connectivity index (χ0) is 14.5. The van der Waals surface area contributed by atoms with Crippen molar-refractivity contribution in [3.8, 4) is 0 Å². The molecule has 0 saturated carbocycles. The Morgan fingerprint density at radius 1 is 1.50 bits per heavy atom. The molecule has 1 unspecified atom stereocenters. The molecule has 0 fully saturated rings. The molecule has 1 atom stereocenters. The van der Waals surface area contributed by atoms with Gasteiger partial charge in [0.25, 0.3) is 5.56 Å². The quantitative estimate of drug-likeness (QED) is 0.786. The monoisotopic (exact) mass is 293 g/mol. The summed E-state index contributed by atoms with van der Waals surface area (Å²) in [5.41, 5.74) is 6.12. The summed E-state index contributed by atoms with van der Waals surface area (Å²) in [6, 6.07) is 6.48. The predicted octanol–water partition coefficient (Wildman–Crippen LogP) is 0.657. The summed E-state index contributed by atoms with van der Waals surface area (Å²) < 4.78 is 4.54. The van der Waals surface area contributed by atoms with Gasteiger partial charge in [0.1, 0.15) is 11.9 Å². The lowest BCUT2D eigenvalue weighted by molar-refractivity contribution is -0.141. The van der Waals surface area contributed by atoms with Crippen LogP contribution in [0, 0.1) is 0 Å². The molecule has 106 valence electrons. The summed E-state index contributed by atoms with van der Waals surface area (Å²) in [5.74, 6) is 1.00. The summed E-state index contributed by atoms with van der Waals surface area (Å²) in [6.07, 6.45) is 0. The molecule has 7 heteroatoms. The van der Waals surface area contributed by atoms with Crippen molar-refractivity contribution in [2.75, 3.05) is 12.9 Å². The van der Waals surface area contributed by atoms with E-state index in [1.54, 1.807) is 18.2 Å². The lowest BCUT2D eigenvalue weighted by Gasteiger charge is -2.08. The van der Waals surface area contributed by atoms with E-state index in [-0.39, 0.29) is 5.56 Å². The fourth-order valence-corrected chi connectivity index (χ4v) is 2.54. The molecule has 0 bridgehead atoms. The second-order valence-corrected chi connectivity index (χ2v) is 5.20. The van der Waals surface area contributed by atoms with Gasteiger partial charge >= 0.3 is 5.97 Å². The molecule has 1 aromatic carbocycles. The van der Waals surface area contributed by atoms with Gasteiger partial charge in [-0.3, -0.25) is 9.59 Å². The second-order valence-electron chi connectivity index (χ2n) is 4.17. The van der Waals surface area contributed by atoms with Gasteiger partial charge in [-0.1, -0.05) is 12.1 Å². The third kappa shape index (κ3) is 3.37. The summed E-state index contributed by atoms with van der Waals surface area (Å²) >= 11 is 1.42. The van der Waals surface area contributed by atoms with Gasteiger partial charge in [-0.25, -0.2) is 4.98 Å². The van der Waals surface area contributed by atoms with Gasteiger partial charge < -0.3 is 15.5 Å². The van der Waals surface area contributed by atoms with Crippen LogP contribution in [-0.2, 0) is 15.3 Å². The summed E-state index contributed by atoms with van der Waals surface area (Å²) in [5, 5.41) is 0.563. The maximum Gasteiger partial charge on any atom is 0.323 e. The number of aromatic nitrogens is 2. The van der Waals surface area contributed by atoms with Gasteiger partial charge in [-0.15, -0.1) is 0 Å². The number of hydrogen-bond acceptors (Lipinski definition) is 6. The third-order valence-corrected chi connectivity index (χ3v) is 3.77. The molecule has 0 aliphatic heterocycles. The topological polar surface area (TPSA) is 98.1 Å². The van der Waals surface area contributed by atoms with Gasteiger partial charge in [0.15, 0.2) is 0 Å². The number of nitrogens with one attached hydrogen (secondary N) is 1. The Labute approximate surface area is 119 Å². The number of para-hydroxylation sites is 1. The van der Waals surface area contributed by atoms with Gasteiger partial charge in [0.2, 0.25) is 0 Å². The van der Waals surface area contributed by atoms with E-state index in [2.05, 4.69) is 14.7 Å². The van der Waals surface area contributed by atoms with Crippen LogP contribution in [0.1, 0.15) is 5.82 Å². The van der Waals surface area contributed by atoms with Crippen molar-refractivity contribution in [2.45, 2.75) is 11.8 Å². The van der Waals surface area contributed by atoms with Crippen molar-refractivity contribution in [1.29, 1.82) is 0 Å². The number of esters is 1. The van der Waals surface area contributed by atoms with Crippen LogP contribution in [0.4, 0.5) is 0 Å². The van der Waals surface area contributed by atoms with Crippen LogP contribution in [0.2, 0.25) is 0 Å². The molecule has 0 amide bonds. The summed E-state index contributed by atoms with van der Waals surface area (Å²) in [7, 11) is 1.30. The highest BCUT2D eigenvalue weighted by Gasteiger charge is 2.13. The van der Waals surface area contributed by atoms with E-state index in [0.29, 0.717) is 28.2 Å². The van der Waals surface area contributed by atoms with E-state index < -0.39 is 12.0 Å². The number of hydrogen-bond donors (Lipinski definition) is 2. The van der Waals surface area contributed by atoms with E-state index in [0.717, 1.165) is 0 Å². The zero-order valence-electron chi connectivity index (χ0n) is 11.0. The SMILES string of the molecule is COC(=O)C(N)CSCc1nc2ccccc2c(=O)[nH]1. The third-order valence-electron chi connectivity index (χ3n) is 2.70. The molecule has 2 aromatic rings. The minimum absolute atomic E-state index is 0.163. The number of fused-ring (bicyclic) bond motifs is 1. The van der Waals surface area contributed by atoms with Gasteiger partial charge in [-0.2, -0.15) is 11.8 Å². The number of methoxy groups -OCH3 is 1. The van der Waals surface area contributed by atoms with E-state index in [1.807, 2.05) is 6.07 Å². The second kappa shape index (κ2) is 6.53. The van der Waals surface area contributed by atoms with Crippen LogP contribution < -0.4 is 11.3 Å². The van der Waals surface area contributed by atoms with Crippen LogP contribution in [-0.4, -0.2) is 34.8 Å².